The average molecular weight is 1020 g/mol. The molecule has 5 atom stereocenters. The summed E-state index contributed by atoms with van der Waals surface area (Å²) in [6.07, 6.45) is 4.43. The number of hydrazine groups is 1. The van der Waals surface area contributed by atoms with E-state index in [-0.39, 0.29) is 97.1 Å². The van der Waals surface area contributed by atoms with Gasteiger partial charge < -0.3 is 66.2 Å². The number of aliphatic imine (C=N–C) groups is 1. The summed E-state index contributed by atoms with van der Waals surface area (Å²) in [6.45, 7) is 7.60. The van der Waals surface area contributed by atoms with Crippen molar-refractivity contribution in [3.63, 3.8) is 0 Å². The summed E-state index contributed by atoms with van der Waals surface area (Å²) < 4.78 is 26.8. The smallest absolute Gasteiger partial charge is 0.328 e. The van der Waals surface area contributed by atoms with Crippen LogP contribution in [-0.2, 0) is 63.9 Å². The monoisotopic (exact) mass is 1020 g/mol. The summed E-state index contributed by atoms with van der Waals surface area (Å²) in [5.74, 6) is -4.38. The molecule has 0 spiro atoms. The largest absolute Gasteiger partial charge is 0.459 e. The Morgan fingerprint density at radius 1 is 0.792 bits per heavy atom. The molecule has 25 nitrogen and oxygen atoms in total. The molecular weight excluding hydrogens is 943 g/mol. The van der Waals surface area contributed by atoms with Crippen molar-refractivity contribution in [1.82, 2.24) is 36.5 Å². The van der Waals surface area contributed by atoms with Gasteiger partial charge in [-0.05, 0) is 56.4 Å². The minimum absolute atomic E-state index is 0.00117. The SMILES string of the molecule is CCCCCC(NC(=O)C(NC(=O)COCCOCCNC(=O)COCCOCCN)C(C)C)C(=O)N1CCCC1C(=O)N1CCCC1C(=O)NC(CCCN=C(N)N[N+](=O)[O-])C(=O)OCc1ccccc1. The second-order valence-electron chi connectivity index (χ2n) is 17.6. The van der Waals surface area contributed by atoms with Gasteiger partial charge in [0, 0.05) is 32.7 Å². The molecule has 0 aliphatic carbocycles. The Bertz CT molecular complexity index is 1900. The first-order valence-electron chi connectivity index (χ1n) is 24.9. The molecule has 2 heterocycles. The third-order valence-electron chi connectivity index (χ3n) is 11.6. The molecule has 3 rings (SSSR count). The first-order valence-corrected chi connectivity index (χ1v) is 24.9. The lowest BCUT2D eigenvalue weighted by atomic mass is 10.0. The van der Waals surface area contributed by atoms with E-state index in [1.807, 2.05) is 13.0 Å². The molecule has 72 heavy (non-hydrogen) atoms. The minimum atomic E-state index is -1.15. The lowest BCUT2D eigenvalue weighted by Crippen LogP contribution is -2.59. The van der Waals surface area contributed by atoms with Gasteiger partial charge in [0.05, 0.1) is 39.6 Å². The van der Waals surface area contributed by atoms with E-state index in [1.165, 1.54) is 9.80 Å². The number of esters is 1. The second-order valence-corrected chi connectivity index (χ2v) is 17.6. The van der Waals surface area contributed by atoms with Crippen LogP contribution in [0.3, 0.4) is 0 Å². The van der Waals surface area contributed by atoms with E-state index in [4.69, 9.17) is 35.2 Å². The molecule has 0 aromatic heterocycles. The highest BCUT2D eigenvalue weighted by atomic mass is 16.7. The van der Waals surface area contributed by atoms with Crippen LogP contribution in [0.25, 0.3) is 0 Å². The number of carbonyl (C=O) groups excluding carboxylic acids is 7. The summed E-state index contributed by atoms with van der Waals surface area (Å²) in [4.78, 5) is 112. The molecule has 9 N–H and O–H groups in total. The van der Waals surface area contributed by atoms with Gasteiger partial charge in [0.15, 0.2) is 5.03 Å². The number of guanidine groups is 1. The topological polar surface area (TPSA) is 340 Å². The number of hydrogen-bond donors (Lipinski definition) is 7. The van der Waals surface area contributed by atoms with E-state index in [0.717, 1.165) is 18.4 Å². The maximum Gasteiger partial charge on any atom is 0.328 e. The Balaban J connectivity index is 1.58. The Kier molecular flexibility index (Phi) is 28.8. The molecule has 1 aromatic rings. The summed E-state index contributed by atoms with van der Waals surface area (Å²) >= 11 is 0. The second kappa shape index (κ2) is 34.4. The van der Waals surface area contributed by atoms with Crippen LogP contribution in [0.5, 0.6) is 0 Å². The first kappa shape index (κ1) is 60.3. The number of nitro groups is 1. The molecule has 2 aliphatic rings. The standard InChI is InChI=1S/C47H77N11O14/c1-4-5-7-15-35(52-43(62)41(33(2)3)54-40(60)32-71-29-27-69-25-21-50-39(59)31-70-28-26-68-24-19-48)44(63)57-23-12-18-38(57)45(64)56-22-11-17-37(56)42(61)53-36(16-10-20-51-47(49)55-58(66)67)46(65)72-30-34-13-8-6-9-14-34/h6,8-9,13-14,33,35-38,41H,4-5,7,10-12,15-32,48H2,1-3H3,(H,50,59)(H,52,62)(H,53,61)(H,54,60)(H3,49,51,55). The maximum absolute atomic E-state index is 14.4. The molecule has 404 valence electrons. The number of unbranched alkanes of at least 4 members (excludes halogenated alkanes) is 2. The molecule has 2 saturated heterocycles. The number of rotatable bonds is 35. The zero-order chi connectivity index (χ0) is 52.7. The van der Waals surface area contributed by atoms with Gasteiger partial charge in [0.2, 0.25) is 35.4 Å². The Morgan fingerprint density at radius 2 is 1.43 bits per heavy atom. The van der Waals surface area contributed by atoms with Gasteiger partial charge in [0.1, 0.15) is 50.0 Å². The molecule has 5 unspecified atom stereocenters. The van der Waals surface area contributed by atoms with Gasteiger partial charge >= 0.3 is 5.97 Å². The van der Waals surface area contributed by atoms with E-state index >= 15 is 0 Å². The fourth-order valence-corrected chi connectivity index (χ4v) is 7.99. The van der Waals surface area contributed by atoms with Gasteiger partial charge in [-0.3, -0.25) is 28.8 Å². The molecule has 6 amide bonds. The van der Waals surface area contributed by atoms with E-state index in [1.54, 1.807) is 43.5 Å². The van der Waals surface area contributed by atoms with Crippen LogP contribution in [0, 0.1) is 16.0 Å². The molecule has 2 aliphatic heterocycles. The summed E-state index contributed by atoms with van der Waals surface area (Å²) in [5, 5.41) is 20.9. The van der Waals surface area contributed by atoms with Crippen molar-refractivity contribution in [2.24, 2.45) is 22.4 Å². The highest BCUT2D eigenvalue weighted by Crippen LogP contribution is 2.27. The zero-order valence-electron chi connectivity index (χ0n) is 42.0. The van der Waals surface area contributed by atoms with Crippen LogP contribution in [0.15, 0.2) is 35.3 Å². The fourth-order valence-electron chi connectivity index (χ4n) is 7.99. The number of hydrogen-bond acceptors (Lipinski definition) is 16. The molecule has 0 bridgehead atoms. The third-order valence-corrected chi connectivity index (χ3v) is 11.6. The summed E-state index contributed by atoms with van der Waals surface area (Å²) in [5.41, 5.74) is 13.3. The molecule has 25 heteroatoms. The van der Waals surface area contributed by atoms with E-state index in [0.29, 0.717) is 58.3 Å². The number of amides is 6. The van der Waals surface area contributed by atoms with Crippen LogP contribution in [0.4, 0.5) is 0 Å². The fraction of sp³-hybridized carbons (Fsp3) is 0.702. The minimum Gasteiger partial charge on any atom is -0.459 e. The molecule has 0 radical (unpaired) electrons. The van der Waals surface area contributed by atoms with Crippen LogP contribution < -0.4 is 38.2 Å². The Labute approximate surface area is 421 Å². The normalized spacial score (nSPS) is 16.9. The van der Waals surface area contributed by atoms with Crippen LogP contribution >= 0.6 is 0 Å². The molecule has 2 fully saturated rings. The zero-order valence-corrected chi connectivity index (χ0v) is 42.0. The number of likely N-dealkylation sites (tertiary alicyclic amines) is 2. The number of ether oxygens (including phenoxy) is 5. The number of benzene rings is 1. The third kappa shape index (κ3) is 22.6. The number of nitrogens with one attached hydrogen (secondary N) is 5. The molecule has 0 saturated carbocycles. The quantitative estimate of drug-likeness (QED) is 0.0112. The van der Waals surface area contributed by atoms with Crippen molar-refractivity contribution in [3.8, 4) is 0 Å². The van der Waals surface area contributed by atoms with Gasteiger partial charge in [0.25, 0.3) is 5.96 Å². The maximum atomic E-state index is 14.4. The summed E-state index contributed by atoms with van der Waals surface area (Å²) in [7, 11) is 0. The van der Waals surface area contributed by atoms with Crippen molar-refractivity contribution in [2.75, 3.05) is 85.6 Å². The highest BCUT2D eigenvalue weighted by molar-refractivity contribution is 5.97. The lowest BCUT2D eigenvalue weighted by Gasteiger charge is -2.34. The number of nitrogens with two attached hydrogens (primary N) is 2. The van der Waals surface area contributed by atoms with Gasteiger partial charge in [-0.2, -0.15) is 0 Å². The number of carbonyl (C=O) groups is 7. The van der Waals surface area contributed by atoms with Gasteiger partial charge in [-0.15, -0.1) is 0 Å². The Hall–Kier alpha value is -6.02. The van der Waals surface area contributed by atoms with E-state index < -0.39 is 76.7 Å². The highest BCUT2D eigenvalue weighted by Gasteiger charge is 2.44. The number of nitrogens with zero attached hydrogens (tertiary/aromatic N) is 4. The van der Waals surface area contributed by atoms with E-state index in [2.05, 4.69) is 26.3 Å². The van der Waals surface area contributed by atoms with Gasteiger partial charge in [-0.25, -0.2) is 19.9 Å². The first-order chi connectivity index (χ1) is 34.7. The average Bonchev–Trinajstić information content (AvgIpc) is 4.06. The van der Waals surface area contributed by atoms with Crippen molar-refractivity contribution in [1.29, 1.82) is 0 Å². The lowest BCUT2D eigenvalue weighted by molar-refractivity contribution is -0.525. The van der Waals surface area contributed by atoms with Crippen LogP contribution in [0.1, 0.15) is 90.5 Å². The van der Waals surface area contributed by atoms with Gasteiger partial charge in [-0.1, -0.05) is 75.8 Å². The molecular formula is C47H77N11O14. The van der Waals surface area contributed by atoms with Crippen LogP contribution in [-0.4, -0.2) is 178 Å². The predicted molar refractivity (Wildman–Crippen MR) is 262 cm³/mol. The van der Waals surface area contributed by atoms with Crippen molar-refractivity contribution < 1.29 is 62.3 Å². The predicted octanol–water partition coefficient (Wildman–Crippen LogP) is -0.580. The Morgan fingerprint density at radius 3 is 2.10 bits per heavy atom. The summed E-state index contributed by atoms with van der Waals surface area (Å²) in [6, 6.07) is 3.94. The van der Waals surface area contributed by atoms with Crippen molar-refractivity contribution in [3.05, 3.63) is 46.0 Å². The van der Waals surface area contributed by atoms with E-state index in [9.17, 15) is 43.7 Å². The molecule has 1 aromatic carbocycles. The van der Waals surface area contributed by atoms with Crippen molar-refractivity contribution in [2.45, 2.75) is 122 Å². The van der Waals surface area contributed by atoms with Crippen molar-refractivity contribution >= 4 is 47.4 Å². The van der Waals surface area contributed by atoms with Crippen LogP contribution in [0.2, 0.25) is 0 Å².